The molecule has 5 heteroatoms. The lowest BCUT2D eigenvalue weighted by Crippen LogP contribution is -2.87. The second-order valence-corrected chi connectivity index (χ2v) is 5.91. The molecule has 0 spiro atoms. The summed E-state index contributed by atoms with van der Waals surface area (Å²) in [4.78, 5) is 12.2. The van der Waals surface area contributed by atoms with Crippen molar-refractivity contribution < 1.29 is 18.9 Å². The van der Waals surface area contributed by atoms with Crippen LogP contribution in [0.2, 0.25) is 0 Å². The highest BCUT2D eigenvalue weighted by Gasteiger charge is 2.19. The Hall–Kier alpha value is -3.05. The fourth-order valence-corrected chi connectivity index (χ4v) is 2.80. The van der Waals surface area contributed by atoms with Crippen molar-refractivity contribution in [2.24, 2.45) is 0 Å². The van der Waals surface area contributed by atoms with Crippen LogP contribution in [0.4, 0.5) is 14.5 Å². The summed E-state index contributed by atoms with van der Waals surface area (Å²) in [5, 5.41) is 4.37. The van der Waals surface area contributed by atoms with Crippen LogP contribution >= 0.6 is 0 Å². The van der Waals surface area contributed by atoms with Gasteiger partial charge in [-0.25, -0.2) is 8.78 Å². The molecule has 0 saturated heterocycles. The molecule has 0 saturated carbocycles. The molecule has 1 amide bonds. The summed E-state index contributed by atoms with van der Waals surface area (Å²) in [7, 11) is 0. The molecule has 0 aliphatic heterocycles. The number of hydrogen-bond acceptors (Lipinski definition) is 1. The predicted molar refractivity (Wildman–Crippen MR) is 96.5 cm³/mol. The van der Waals surface area contributed by atoms with E-state index in [0.29, 0.717) is 0 Å². The fraction of sp³-hybridized carbons (Fsp3) is 0.0952. The minimum absolute atomic E-state index is 0.0271. The molecule has 0 bridgehead atoms. The van der Waals surface area contributed by atoms with E-state index in [-0.39, 0.29) is 24.2 Å². The Morgan fingerprint density at radius 3 is 2.00 bits per heavy atom. The zero-order valence-corrected chi connectivity index (χ0v) is 14.0. The lowest BCUT2D eigenvalue weighted by Gasteiger charge is -2.16. The topological polar surface area (TPSA) is 45.7 Å². The number of anilines is 1. The molecule has 0 unspecified atom stereocenters. The van der Waals surface area contributed by atoms with Crippen LogP contribution < -0.4 is 10.6 Å². The van der Waals surface area contributed by atoms with Gasteiger partial charge in [0.2, 0.25) is 0 Å². The molecular formula is C21H19F2N2O+. The Balaban J connectivity index is 1.71. The first kappa shape index (κ1) is 17.8. The van der Waals surface area contributed by atoms with Crippen LogP contribution in [0, 0.1) is 11.6 Å². The van der Waals surface area contributed by atoms with Crippen LogP contribution in [0.25, 0.3) is 0 Å². The SMILES string of the molecule is O=C(C[NH2+]C(c1ccccc1)c1ccccc1)Nc1ccc(F)cc1F. The number of benzene rings is 3. The third-order valence-corrected chi connectivity index (χ3v) is 4.06. The van der Waals surface area contributed by atoms with E-state index >= 15 is 0 Å². The molecule has 0 heterocycles. The van der Waals surface area contributed by atoms with E-state index in [4.69, 9.17) is 0 Å². The largest absolute Gasteiger partial charge is 0.328 e. The van der Waals surface area contributed by atoms with Gasteiger partial charge in [-0.05, 0) is 12.1 Å². The van der Waals surface area contributed by atoms with Crippen molar-refractivity contribution in [3.05, 3.63) is 102 Å². The Morgan fingerprint density at radius 2 is 1.46 bits per heavy atom. The molecule has 3 aromatic carbocycles. The van der Waals surface area contributed by atoms with Crippen LogP contribution in [0.5, 0.6) is 0 Å². The lowest BCUT2D eigenvalue weighted by atomic mass is 9.99. The molecule has 132 valence electrons. The fourth-order valence-electron chi connectivity index (χ4n) is 2.80. The van der Waals surface area contributed by atoms with Crippen LogP contribution in [0.15, 0.2) is 78.9 Å². The number of rotatable bonds is 6. The average Bonchev–Trinajstić information content (AvgIpc) is 2.66. The van der Waals surface area contributed by atoms with E-state index in [2.05, 4.69) is 5.32 Å². The summed E-state index contributed by atoms with van der Waals surface area (Å²) in [6, 6.07) is 22.7. The minimum Gasteiger partial charge on any atom is -0.328 e. The number of nitrogens with two attached hydrogens (primary N) is 1. The van der Waals surface area contributed by atoms with E-state index in [1.165, 1.54) is 6.07 Å². The van der Waals surface area contributed by atoms with E-state index in [1.807, 2.05) is 66.0 Å². The van der Waals surface area contributed by atoms with Crippen LogP contribution in [0.1, 0.15) is 17.2 Å². The van der Waals surface area contributed by atoms with E-state index in [9.17, 15) is 13.6 Å². The Labute approximate surface area is 150 Å². The monoisotopic (exact) mass is 353 g/mol. The van der Waals surface area contributed by atoms with Gasteiger partial charge in [-0.2, -0.15) is 0 Å². The van der Waals surface area contributed by atoms with Crippen molar-refractivity contribution in [1.29, 1.82) is 0 Å². The zero-order chi connectivity index (χ0) is 18.4. The Morgan fingerprint density at radius 1 is 0.885 bits per heavy atom. The van der Waals surface area contributed by atoms with Crippen molar-refractivity contribution in [3.63, 3.8) is 0 Å². The van der Waals surface area contributed by atoms with Crippen LogP contribution in [0.3, 0.4) is 0 Å². The molecule has 0 aliphatic rings. The molecular weight excluding hydrogens is 334 g/mol. The average molecular weight is 353 g/mol. The van der Waals surface area contributed by atoms with Crippen molar-refractivity contribution in [2.45, 2.75) is 6.04 Å². The van der Waals surface area contributed by atoms with Crippen molar-refractivity contribution in [3.8, 4) is 0 Å². The molecule has 3 nitrogen and oxygen atoms in total. The smallest absolute Gasteiger partial charge is 0.279 e. The first-order chi connectivity index (χ1) is 12.6. The molecule has 26 heavy (non-hydrogen) atoms. The maximum atomic E-state index is 13.7. The van der Waals surface area contributed by atoms with Gasteiger partial charge in [0.15, 0.2) is 6.54 Å². The highest BCUT2D eigenvalue weighted by Crippen LogP contribution is 2.18. The first-order valence-corrected chi connectivity index (χ1v) is 8.31. The van der Waals surface area contributed by atoms with Crippen LogP contribution in [-0.4, -0.2) is 12.5 Å². The van der Waals surface area contributed by atoms with E-state index in [1.54, 1.807) is 0 Å². The Bertz CT molecular complexity index is 830. The van der Waals surface area contributed by atoms with E-state index < -0.39 is 11.6 Å². The summed E-state index contributed by atoms with van der Waals surface area (Å²) in [5.41, 5.74) is 2.11. The second kappa shape index (κ2) is 8.36. The molecule has 3 aromatic rings. The van der Waals surface area contributed by atoms with Gasteiger partial charge >= 0.3 is 0 Å². The van der Waals surface area contributed by atoms with Gasteiger partial charge in [0.25, 0.3) is 5.91 Å². The van der Waals surface area contributed by atoms with Gasteiger partial charge in [-0.3, -0.25) is 4.79 Å². The molecule has 0 aromatic heterocycles. The standard InChI is InChI=1S/C21H18F2N2O/c22-17-11-12-19(18(23)13-17)25-20(26)14-24-21(15-7-3-1-4-8-15)16-9-5-2-6-10-16/h1-13,21,24H,14H2,(H,25,26)/p+1. The molecule has 0 aliphatic carbocycles. The summed E-state index contributed by atoms with van der Waals surface area (Å²) in [5.74, 6) is -1.83. The van der Waals surface area contributed by atoms with Gasteiger partial charge in [0.1, 0.15) is 17.7 Å². The molecule has 0 radical (unpaired) electrons. The molecule has 0 fully saturated rings. The number of amides is 1. The van der Waals surface area contributed by atoms with Gasteiger partial charge in [0, 0.05) is 17.2 Å². The van der Waals surface area contributed by atoms with Gasteiger partial charge < -0.3 is 10.6 Å². The molecule has 3 rings (SSSR count). The summed E-state index contributed by atoms with van der Waals surface area (Å²) >= 11 is 0. The van der Waals surface area contributed by atoms with Crippen molar-refractivity contribution in [2.75, 3.05) is 11.9 Å². The summed E-state index contributed by atoms with van der Waals surface area (Å²) < 4.78 is 26.6. The maximum Gasteiger partial charge on any atom is 0.279 e. The Kier molecular flexibility index (Phi) is 5.71. The quantitative estimate of drug-likeness (QED) is 0.702. The number of carbonyl (C=O) groups excluding carboxylic acids is 1. The number of quaternary nitrogens is 1. The first-order valence-electron chi connectivity index (χ1n) is 8.31. The summed E-state index contributed by atoms with van der Waals surface area (Å²) in [6.07, 6.45) is 0. The number of halogens is 2. The number of carbonyl (C=O) groups is 1. The maximum absolute atomic E-state index is 13.7. The third kappa shape index (κ3) is 4.52. The predicted octanol–water partition coefficient (Wildman–Crippen LogP) is 3.26. The normalized spacial score (nSPS) is 10.7. The van der Waals surface area contributed by atoms with Crippen molar-refractivity contribution in [1.82, 2.24) is 0 Å². The van der Waals surface area contributed by atoms with E-state index in [0.717, 1.165) is 23.3 Å². The van der Waals surface area contributed by atoms with Gasteiger partial charge in [0.05, 0.1) is 5.69 Å². The second-order valence-electron chi connectivity index (χ2n) is 5.91. The lowest BCUT2D eigenvalue weighted by molar-refractivity contribution is -0.676. The molecule has 3 N–H and O–H groups in total. The minimum atomic E-state index is -0.791. The van der Waals surface area contributed by atoms with Gasteiger partial charge in [-0.15, -0.1) is 0 Å². The zero-order valence-electron chi connectivity index (χ0n) is 14.0. The number of nitrogens with one attached hydrogen (secondary N) is 1. The highest BCUT2D eigenvalue weighted by atomic mass is 19.1. The molecule has 0 atom stereocenters. The number of hydrogen-bond donors (Lipinski definition) is 2. The summed E-state index contributed by atoms with van der Waals surface area (Å²) in [6.45, 7) is 0.102. The highest BCUT2D eigenvalue weighted by molar-refractivity contribution is 5.91. The van der Waals surface area contributed by atoms with Crippen LogP contribution in [-0.2, 0) is 4.79 Å². The van der Waals surface area contributed by atoms with Crippen molar-refractivity contribution >= 4 is 11.6 Å². The van der Waals surface area contributed by atoms with Gasteiger partial charge in [-0.1, -0.05) is 60.7 Å². The third-order valence-electron chi connectivity index (χ3n) is 4.06.